The van der Waals surface area contributed by atoms with Gasteiger partial charge in [0.25, 0.3) is 0 Å². The predicted octanol–water partition coefficient (Wildman–Crippen LogP) is 2.29. The third-order valence-corrected chi connectivity index (χ3v) is 4.80. The molecule has 1 atom stereocenters. The molecule has 0 bridgehead atoms. The van der Waals surface area contributed by atoms with E-state index in [4.69, 9.17) is 9.72 Å². The van der Waals surface area contributed by atoms with Crippen LogP contribution < -0.4 is 10.1 Å². The van der Waals surface area contributed by atoms with E-state index in [1.807, 2.05) is 53.4 Å². The number of hydrogen-bond acceptors (Lipinski definition) is 4. The summed E-state index contributed by atoms with van der Waals surface area (Å²) in [6.07, 6.45) is 0.376. The summed E-state index contributed by atoms with van der Waals surface area (Å²) >= 11 is 0. The molecule has 1 fully saturated rings. The lowest BCUT2D eigenvalue weighted by molar-refractivity contribution is -0.134. The fourth-order valence-corrected chi connectivity index (χ4v) is 3.40. The van der Waals surface area contributed by atoms with Gasteiger partial charge in [-0.3, -0.25) is 4.79 Å². The first-order valence-electron chi connectivity index (χ1n) is 8.82. The van der Waals surface area contributed by atoms with Gasteiger partial charge in [0.15, 0.2) is 0 Å². The number of benzene rings is 2. The molecule has 1 saturated heterocycles. The van der Waals surface area contributed by atoms with Gasteiger partial charge in [0, 0.05) is 19.6 Å². The third-order valence-electron chi connectivity index (χ3n) is 4.80. The van der Waals surface area contributed by atoms with Gasteiger partial charge in [-0.1, -0.05) is 24.3 Å². The lowest BCUT2D eigenvalue weighted by Gasteiger charge is -2.35. The number of nitrogens with zero attached hydrogens (tertiary/aromatic N) is 2. The van der Waals surface area contributed by atoms with Crippen LogP contribution in [0.15, 0.2) is 48.5 Å². The Morgan fingerprint density at radius 2 is 2.04 bits per heavy atom. The molecule has 0 radical (unpaired) electrons. The van der Waals surface area contributed by atoms with Crippen molar-refractivity contribution in [2.45, 2.75) is 12.5 Å². The smallest absolute Gasteiger partial charge is 0.227 e. The van der Waals surface area contributed by atoms with Crippen LogP contribution in [0.2, 0.25) is 0 Å². The molecular weight excluding hydrogens is 328 g/mol. The van der Waals surface area contributed by atoms with Crippen LogP contribution in [0.4, 0.5) is 0 Å². The monoisotopic (exact) mass is 350 g/mol. The van der Waals surface area contributed by atoms with Crippen LogP contribution in [0, 0.1) is 0 Å². The SMILES string of the molecule is COc1ccc(CC(=O)N2CCNCC2c2nc3ccccc3[nH]2)cc1. The molecule has 3 aromatic rings. The molecule has 134 valence electrons. The average molecular weight is 350 g/mol. The van der Waals surface area contributed by atoms with Gasteiger partial charge in [-0.25, -0.2) is 4.98 Å². The number of aromatic amines is 1. The van der Waals surface area contributed by atoms with E-state index in [0.717, 1.165) is 34.7 Å². The van der Waals surface area contributed by atoms with Crippen molar-refractivity contribution in [3.63, 3.8) is 0 Å². The number of piperazine rings is 1. The average Bonchev–Trinajstić information content (AvgIpc) is 3.12. The number of carbonyl (C=O) groups is 1. The molecule has 6 nitrogen and oxygen atoms in total. The highest BCUT2D eigenvalue weighted by Gasteiger charge is 2.30. The largest absolute Gasteiger partial charge is 0.497 e. The van der Waals surface area contributed by atoms with E-state index in [-0.39, 0.29) is 11.9 Å². The van der Waals surface area contributed by atoms with Gasteiger partial charge in [0.2, 0.25) is 5.91 Å². The lowest BCUT2D eigenvalue weighted by atomic mass is 10.1. The second-order valence-electron chi connectivity index (χ2n) is 6.47. The highest BCUT2D eigenvalue weighted by molar-refractivity contribution is 5.80. The maximum Gasteiger partial charge on any atom is 0.227 e. The molecule has 26 heavy (non-hydrogen) atoms. The molecular formula is C20H22N4O2. The minimum atomic E-state index is -0.0816. The van der Waals surface area contributed by atoms with Crippen LogP contribution in [0.1, 0.15) is 17.4 Å². The van der Waals surface area contributed by atoms with Gasteiger partial charge >= 0.3 is 0 Å². The van der Waals surface area contributed by atoms with Crippen molar-refractivity contribution in [2.75, 3.05) is 26.7 Å². The molecule has 0 spiro atoms. The summed E-state index contributed by atoms with van der Waals surface area (Å²) in [4.78, 5) is 22.9. The van der Waals surface area contributed by atoms with Crippen molar-refractivity contribution < 1.29 is 9.53 Å². The number of amides is 1. The first kappa shape index (κ1) is 16.6. The van der Waals surface area contributed by atoms with Crippen LogP contribution in [0.5, 0.6) is 5.75 Å². The molecule has 1 unspecified atom stereocenters. The zero-order chi connectivity index (χ0) is 17.9. The molecule has 0 aliphatic carbocycles. The van der Waals surface area contributed by atoms with E-state index < -0.39 is 0 Å². The van der Waals surface area contributed by atoms with Crippen LogP contribution in [0.3, 0.4) is 0 Å². The molecule has 0 saturated carbocycles. The fraction of sp³-hybridized carbons (Fsp3) is 0.300. The Balaban J connectivity index is 1.55. The molecule has 1 amide bonds. The van der Waals surface area contributed by atoms with Gasteiger partial charge in [-0.2, -0.15) is 0 Å². The Kier molecular flexibility index (Phi) is 4.58. The molecule has 4 rings (SSSR count). The topological polar surface area (TPSA) is 70.2 Å². The quantitative estimate of drug-likeness (QED) is 0.757. The van der Waals surface area contributed by atoms with Crippen molar-refractivity contribution in [2.24, 2.45) is 0 Å². The molecule has 2 aromatic carbocycles. The molecule has 1 aliphatic heterocycles. The summed E-state index contributed by atoms with van der Waals surface area (Å²) in [6.45, 7) is 2.18. The summed E-state index contributed by atoms with van der Waals surface area (Å²) in [6, 6.07) is 15.5. The first-order chi connectivity index (χ1) is 12.7. The number of ether oxygens (including phenoxy) is 1. The van der Waals surface area contributed by atoms with Gasteiger partial charge in [0.1, 0.15) is 17.6 Å². The molecule has 1 aromatic heterocycles. The van der Waals surface area contributed by atoms with Crippen molar-refractivity contribution in [1.29, 1.82) is 0 Å². The van der Waals surface area contributed by atoms with Gasteiger partial charge in [-0.15, -0.1) is 0 Å². The summed E-state index contributed by atoms with van der Waals surface area (Å²) in [7, 11) is 1.64. The van der Waals surface area contributed by atoms with Crippen LogP contribution >= 0.6 is 0 Å². The van der Waals surface area contributed by atoms with E-state index >= 15 is 0 Å². The predicted molar refractivity (Wildman–Crippen MR) is 100 cm³/mol. The highest BCUT2D eigenvalue weighted by Crippen LogP contribution is 2.24. The van der Waals surface area contributed by atoms with Crippen molar-refractivity contribution in [3.8, 4) is 5.75 Å². The summed E-state index contributed by atoms with van der Waals surface area (Å²) in [5.74, 6) is 1.74. The second-order valence-corrected chi connectivity index (χ2v) is 6.47. The Morgan fingerprint density at radius 3 is 2.81 bits per heavy atom. The van der Waals surface area contributed by atoms with Crippen LogP contribution in [0.25, 0.3) is 11.0 Å². The third kappa shape index (κ3) is 3.28. The van der Waals surface area contributed by atoms with Crippen molar-refractivity contribution >= 4 is 16.9 Å². The molecule has 6 heteroatoms. The molecule has 2 N–H and O–H groups in total. The van der Waals surface area contributed by atoms with E-state index in [9.17, 15) is 4.79 Å². The first-order valence-corrected chi connectivity index (χ1v) is 8.82. The number of imidazole rings is 1. The zero-order valence-electron chi connectivity index (χ0n) is 14.7. The minimum absolute atomic E-state index is 0.0816. The maximum atomic E-state index is 12.9. The highest BCUT2D eigenvalue weighted by atomic mass is 16.5. The van der Waals surface area contributed by atoms with Crippen LogP contribution in [-0.2, 0) is 11.2 Å². The number of nitrogens with one attached hydrogen (secondary N) is 2. The Labute approximate surface area is 152 Å². The standard InChI is InChI=1S/C20H22N4O2/c1-26-15-8-6-14(7-9-15)12-19(25)24-11-10-21-13-18(24)20-22-16-4-2-3-5-17(16)23-20/h2-9,18,21H,10-13H2,1H3,(H,22,23). The lowest BCUT2D eigenvalue weighted by Crippen LogP contribution is -2.49. The number of fused-ring (bicyclic) bond motifs is 1. The summed E-state index contributed by atoms with van der Waals surface area (Å²) in [5.41, 5.74) is 2.91. The maximum absolute atomic E-state index is 12.9. The van der Waals surface area contributed by atoms with E-state index in [1.54, 1.807) is 7.11 Å². The van der Waals surface area contributed by atoms with E-state index in [0.29, 0.717) is 19.5 Å². The number of para-hydroxylation sites is 2. The Hall–Kier alpha value is -2.86. The van der Waals surface area contributed by atoms with Gasteiger partial charge < -0.3 is 19.9 Å². The number of rotatable bonds is 4. The number of aromatic nitrogens is 2. The Morgan fingerprint density at radius 1 is 1.23 bits per heavy atom. The summed E-state index contributed by atoms with van der Waals surface area (Å²) in [5, 5.41) is 3.37. The number of H-pyrrole nitrogens is 1. The van der Waals surface area contributed by atoms with Crippen molar-refractivity contribution in [3.05, 3.63) is 59.9 Å². The number of methoxy groups -OCH3 is 1. The number of carbonyl (C=O) groups excluding carboxylic acids is 1. The molecule has 1 aliphatic rings. The summed E-state index contributed by atoms with van der Waals surface area (Å²) < 4.78 is 5.18. The Bertz CT molecular complexity index is 871. The fourth-order valence-electron chi connectivity index (χ4n) is 3.40. The van der Waals surface area contributed by atoms with Gasteiger partial charge in [-0.05, 0) is 29.8 Å². The van der Waals surface area contributed by atoms with Crippen LogP contribution in [-0.4, -0.2) is 47.5 Å². The van der Waals surface area contributed by atoms with E-state index in [2.05, 4.69) is 10.3 Å². The van der Waals surface area contributed by atoms with E-state index in [1.165, 1.54) is 0 Å². The second kappa shape index (κ2) is 7.17. The molecule has 2 heterocycles. The van der Waals surface area contributed by atoms with Crippen molar-refractivity contribution in [1.82, 2.24) is 20.2 Å². The normalized spacial score (nSPS) is 17.4. The van der Waals surface area contributed by atoms with Gasteiger partial charge in [0.05, 0.1) is 24.6 Å². The minimum Gasteiger partial charge on any atom is -0.497 e. The number of hydrogen-bond donors (Lipinski definition) is 2. The zero-order valence-corrected chi connectivity index (χ0v) is 14.7.